The van der Waals surface area contributed by atoms with Crippen molar-refractivity contribution >= 4 is 5.91 Å². The molecule has 0 bridgehead atoms. The molecule has 14 heavy (non-hydrogen) atoms. The van der Waals surface area contributed by atoms with E-state index in [1.54, 1.807) is 0 Å². The SMILES string of the molecule is C=CC(=O)NCCN1CCOCC1C. The Morgan fingerprint density at radius 1 is 1.79 bits per heavy atom. The molecule has 0 radical (unpaired) electrons. The summed E-state index contributed by atoms with van der Waals surface area (Å²) < 4.78 is 5.32. The summed E-state index contributed by atoms with van der Waals surface area (Å²) in [6.07, 6.45) is 1.29. The first-order chi connectivity index (χ1) is 6.74. The Labute approximate surface area is 84.9 Å². The van der Waals surface area contributed by atoms with Crippen molar-refractivity contribution in [3.63, 3.8) is 0 Å². The molecule has 1 unspecified atom stereocenters. The highest BCUT2D eigenvalue weighted by Gasteiger charge is 2.17. The van der Waals surface area contributed by atoms with Gasteiger partial charge in [-0.05, 0) is 13.0 Å². The molecule has 0 aromatic carbocycles. The topological polar surface area (TPSA) is 41.6 Å². The van der Waals surface area contributed by atoms with Crippen molar-refractivity contribution in [1.82, 2.24) is 10.2 Å². The fourth-order valence-corrected chi connectivity index (χ4v) is 1.49. The molecule has 1 fully saturated rings. The van der Waals surface area contributed by atoms with Crippen LogP contribution in [0.1, 0.15) is 6.92 Å². The van der Waals surface area contributed by atoms with Gasteiger partial charge in [0, 0.05) is 25.7 Å². The van der Waals surface area contributed by atoms with E-state index in [0.717, 1.165) is 26.3 Å². The molecule has 0 aromatic heterocycles. The summed E-state index contributed by atoms with van der Waals surface area (Å²) in [5.74, 6) is -0.106. The van der Waals surface area contributed by atoms with Crippen LogP contribution in [0.3, 0.4) is 0 Å². The minimum Gasteiger partial charge on any atom is -0.379 e. The summed E-state index contributed by atoms with van der Waals surface area (Å²) in [5, 5.41) is 2.76. The largest absolute Gasteiger partial charge is 0.379 e. The van der Waals surface area contributed by atoms with Crippen LogP contribution in [0, 0.1) is 0 Å². The standard InChI is InChI=1S/C10H18N2O2/c1-3-10(13)11-4-5-12-6-7-14-8-9(12)2/h3,9H,1,4-8H2,2H3,(H,11,13). The first-order valence-corrected chi connectivity index (χ1v) is 4.96. The van der Waals surface area contributed by atoms with Crippen LogP contribution in [0.2, 0.25) is 0 Å². The van der Waals surface area contributed by atoms with E-state index in [2.05, 4.69) is 23.7 Å². The van der Waals surface area contributed by atoms with Gasteiger partial charge in [-0.25, -0.2) is 0 Å². The zero-order chi connectivity index (χ0) is 10.4. The summed E-state index contributed by atoms with van der Waals surface area (Å²) in [7, 11) is 0. The van der Waals surface area contributed by atoms with E-state index in [0.29, 0.717) is 12.6 Å². The van der Waals surface area contributed by atoms with Crippen LogP contribution in [0.15, 0.2) is 12.7 Å². The number of carbonyl (C=O) groups excluding carboxylic acids is 1. The molecule has 80 valence electrons. The Morgan fingerprint density at radius 2 is 2.57 bits per heavy atom. The van der Waals surface area contributed by atoms with Gasteiger partial charge >= 0.3 is 0 Å². The Hall–Kier alpha value is -0.870. The van der Waals surface area contributed by atoms with Crippen LogP contribution >= 0.6 is 0 Å². The molecule has 4 heteroatoms. The number of carbonyl (C=O) groups is 1. The molecule has 1 saturated heterocycles. The van der Waals surface area contributed by atoms with E-state index in [-0.39, 0.29) is 5.91 Å². The van der Waals surface area contributed by atoms with Crippen molar-refractivity contribution < 1.29 is 9.53 Å². The van der Waals surface area contributed by atoms with E-state index in [4.69, 9.17) is 4.74 Å². The number of ether oxygens (including phenoxy) is 1. The van der Waals surface area contributed by atoms with Crippen molar-refractivity contribution in [2.24, 2.45) is 0 Å². The molecule has 0 aromatic rings. The zero-order valence-electron chi connectivity index (χ0n) is 8.66. The van der Waals surface area contributed by atoms with Gasteiger partial charge in [0.05, 0.1) is 13.2 Å². The van der Waals surface area contributed by atoms with Crippen molar-refractivity contribution in [1.29, 1.82) is 0 Å². The molecule has 0 aliphatic carbocycles. The predicted molar refractivity (Wildman–Crippen MR) is 55.1 cm³/mol. The number of nitrogens with one attached hydrogen (secondary N) is 1. The molecule has 1 amide bonds. The van der Waals surface area contributed by atoms with Gasteiger partial charge < -0.3 is 10.1 Å². The first-order valence-electron chi connectivity index (χ1n) is 4.96. The third-order valence-corrected chi connectivity index (χ3v) is 2.39. The quantitative estimate of drug-likeness (QED) is 0.647. The third-order valence-electron chi connectivity index (χ3n) is 2.39. The molecule has 0 saturated carbocycles. The molecule has 1 rings (SSSR count). The van der Waals surface area contributed by atoms with Gasteiger partial charge in [-0.2, -0.15) is 0 Å². The monoisotopic (exact) mass is 198 g/mol. The molecule has 1 aliphatic rings. The lowest BCUT2D eigenvalue weighted by atomic mass is 10.2. The number of hydrogen-bond acceptors (Lipinski definition) is 3. The van der Waals surface area contributed by atoms with Crippen LogP contribution < -0.4 is 5.32 Å². The molecule has 1 atom stereocenters. The van der Waals surface area contributed by atoms with E-state index < -0.39 is 0 Å². The predicted octanol–water partition coefficient (Wildman–Crippen LogP) is 0.00930. The smallest absolute Gasteiger partial charge is 0.243 e. The Morgan fingerprint density at radius 3 is 3.21 bits per heavy atom. The molecule has 1 aliphatic heterocycles. The third kappa shape index (κ3) is 3.47. The number of rotatable bonds is 4. The second-order valence-electron chi connectivity index (χ2n) is 3.46. The fourth-order valence-electron chi connectivity index (χ4n) is 1.49. The summed E-state index contributed by atoms with van der Waals surface area (Å²) >= 11 is 0. The highest BCUT2D eigenvalue weighted by molar-refractivity contribution is 5.86. The Balaban J connectivity index is 2.16. The van der Waals surface area contributed by atoms with Crippen LogP contribution in [0.5, 0.6) is 0 Å². The van der Waals surface area contributed by atoms with E-state index >= 15 is 0 Å². The van der Waals surface area contributed by atoms with Crippen LogP contribution in [0.25, 0.3) is 0 Å². The van der Waals surface area contributed by atoms with Gasteiger partial charge in [0.2, 0.25) is 5.91 Å². The van der Waals surface area contributed by atoms with Crippen LogP contribution in [0.4, 0.5) is 0 Å². The molecule has 4 nitrogen and oxygen atoms in total. The lowest BCUT2D eigenvalue weighted by Crippen LogP contribution is -2.46. The van der Waals surface area contributed by atoms with Crippen LogP contribution in [-0.2, 0) is 9.53 Å². The van der Waals surface area contributed by atoms with Gasteiger partial charge in [-0.3, -0.25) is 9.69 Å². The Bertz CT molecular complexity index is 206. The van der Waals surface area contributed by atoms with Gasteiger partial charge in [0.1, 0.15) is 0 Å². The maximum absolute atomic E-state index is 10.9. The summed E-state index contributed by atoms with van der Waals surface area (Å²) in [5.41, 5.74) is 0. The van der Waals surface area contributed by atoms with E-state index in [1.807, 2.05) is 0 Å². The summed E-state index contributed by atoms with van der Waals surface area (Å²) in [4.78, 5) is 13.2. The van der Waals surface area contributed by atoms with Gasteiger partial charge in [-0.15, -0.1) is 0 Å². The van der Waals surface area contributed by atoms with Gasteiger partial charge in [-0.1, -0.05) is 6.58 Å². The van der Waals surface area contributed by atoms with Crippen LogP contribution in [-0.4, -0.2) is 49.7 Å². The van der Waals surface area contributed by atoms with Crippen molar-refractivity contribution in [2.75, 3.05) is 32.8 Å². The summed E-state index contributed by atoms with van der Waals surface area (Å²) in [6, 6.07) is 0.449. The van der Waals surface area contributed by atoms with E-state index in [1.165, 1.54) is 6.08 Å². The van der Waals surface area contributed by atoms with E-state index in [9.17, 15) is 4.79 Å². The molecular weight excluding hydrogens is 180 g/mol. The second kappa shape index (κ2) is 5.78. The second-order valence-corrected chi connectivity index (χ2v) is 3.46. The van der Waals surface area contributed by atoms with Gasteiger partial charge in [0.25, 0.3) is 0 Å². The average Bonchev–Trinajstić information content (AvgIpc) is 2.20. The maximum atomic E-state index is 10.9. The van der Waals surface area contributed by atoms with Gasteiger partial charge in [0.15, 0.2) is 0 Å². The number of hydrogen-bond donors (Lipinski definition) is 1. The minimum atomic E-state index is -0.106. The molecule has 0 spiro atoms. The average molecular weight is 198 g/mol. The highest BCUT2D eigenvalue weighted by atomic mass is 16.5. The van der Waals surface area contributed by atoms with Crippen molar-refractivity contribution in [3.8, 4) is 0 Å². The Kier molecular flexibility index (Phi) is 4.62. The number of morpholine rings is 1. The first kappa shape index (κ1) is 11.2. The number of amides is 1. The zero-order valence-corrected chi connectivity index (χ0v) is 8.66. The summed E-state index contributed by atoms with van der Waals surface area (Å²) in [6.45, 7) is 9.61. The highest BCUT2D eigenvalue weighted by Crippen LogP contribution is 2.04. The molecule has 1 N–H and O–H groups in total. The lowest BCUT2D eigenvalue weighted by molar-refractivity contribution is -0.116. The molecular formula is C10H18N2O2. The van der Waals surface area contributed by atoms with Crippen molar-refractivity contribution in [2.45, 2.75) is 13.0 Å². The normalized spacial score (nSPS) is 23.1. The minimum absolute atomic E-state index is 0.106. The fraction of sp³-hybridized carbons (Fsp3) is 0.700. The molecule has 1 heterocycles. The number of nitrogens with zero attached hydrogens (tertiary/aromatic N) is 1. The van der Waals surface area contributed by atoms with Crippen molar-refractivity contribution in [3.05, 3.63) is 12.7 Å². The lowest BCUT2D eigenvalue weighted by Gasteiger charge is -2.33. The maximum Gasteiger partial charge on any atom is 0.243 e.